The highest BCUT2D eigenvalue weighted by Crippen LogP contribution is 2.39. The van der Waals surface area contributed by atoms with Crippen molar-refractivity contribution in [3.05, 3.63) is 29.3 Å². The zero-order valence-corrected chi connectivity index (χ0v) is 17.0. The number of benzene rings is 1. The quantitative estimate of drug-likeness (QED) is 0.787. The monoisotopic (exact) mass is 346 g/mol. The summed E-state index contributed by atoms with van der Waals surface area (Å²) in [7, 11) is 0. The molecule has 1 aliphatic heterocycles. The van der Waals surface area contributed by atoms with Crippen LogP contribution in [0.3, 0.4) is 0 Å². The normalized spacial score (nSPS) is 18.3. The van der Waals surface area contributed by atoms with Gasteiger partial charge in [0.25, 0.3) is 0 Å². The minimum atomic E-state index is 0.142. The van der Waals surface area contributed by atoms with E-state index in [1.165, 1.54) is 50.0 Å². The van der Waals surface area contributed by atoms with Crippen LogP contribution >= 0.6 is 0 Å². The molecule has 1 atom stereocenters. The lowest BCUT2D eigenvalue weighted by Gasteiger charge is -2.36. The van der Waals surface area contributed by atoms with Gasteiger partial charge in [0.1, 0.15) is 5.75 Å². The largest absolute Gasteiger partial charge is 0.494 e. The van der Waals surface area contributed by atoms with Crippen LogP contribution in [0.15, 0.2) is 18.2 Å². The van der Waals surface area contributed by atoms with Gasteiger partial charge in [-0.05, 0) is 80.9 Å². The molecule has 1 aromatic carbocycles. The fraction of sp³-hybridized carbons (Fsp3) is 0.727. The molecule has 25 heavy (non-hydrogen) atoms. The molecule has 1 aliphatic rings. The van der Waals surface area contributed by atoms with Crippen molar-refractivity contribution in [2.24, 2.45) is 11.7 Å². The van der Waals surface area contributed by atoms with Gasteiger partial charge in [-0.2, -0.15) is 0 Å². The van der Waals surface area contributed by atoms with Crippen molar-refractivity contribution in [1.82, 2.24) is 4.90 Å². The number of ether oxygens (including phenoxy) is 1. The molecule has 1 heterocycles. The van der Waals surface area contributed by atoms with E-state index < -0.39 is 0 Å². The average molecular weight is 347 g/mol. The zero-order valence-electron chi connectivity index (χ0n) is 17.0. The maximum atomic E-state index is 6.28. The fourth-order valence-corrected chi connectivity index (χ4v) is 4.06. The summed E-state index contributed by atoms with van der Waals surface area (Å²) in [5.74, 6) is 2.09. The Morgan fingerprint density at radius 1 is 1.20 bits per heavy atom. The van der Waals surface area contributed by atoms with Gasteiger partial charge in [-0.25, -0.2) is 0 Å². The molecule has 1 aromatic rings. The van der Waals surface area contributed by atoms with E-state index in [0.29, 0.717) is 25.0 Å². The molecule has 3 nitrogen and oxygen atoms in total. The van der Waals surface area contributed by atoms with Crippen LogP contribution < -0.4 is 10.5 Å². The van der Waals surface area contributed by atoms with E-state index >= 15 is 0 Å². The Hall–Kier alpha value is -1.06. The summed E-state index contributed by atoms with van der Waals surface area (Å²) in [6.45, 7) is 16.2. The molecule has 1 unspecified atom stereocenters. The number of nitrogens with two attached hydrogens (primary N) is 1. The lowest BCUT2D eigenvalue weighted by atomic mass is 9.77. The Kier molecular flexibility index (Phi) is 7.33. The number of rotatable bonds is 7. The predicted octanol–water partition coefficient (Wildman–Crippen LogP) is 4.55. The van der Waals surface area contributed by atoms with Gasteiger partial charge in [0, 0.05) is 5.92 Å². The van der Waals surface area contributed by atoms with Gasteiger partial charge in [0.05, 0.1) is 6.61 Å². The number of piperidine rings is 1. The number of likely N-dealkylation sites (tertiary alicyclic amines) is 1. The summed E-state index contributed by atoms with van der Waals surface area (Å²) >= 11 is 0. The molecule has 0 saturated carbocycles. The summed E-state index contributed by atoms with van der Waals surface area (Å²) in [6, 6.07) is 6.74. The van der Waals surface area contributed by atoms with Crippen molar-refractivity contribution >= 4 is 0 Å². The Labute approximate surface area is 154 Å². The van der Waals surface area contributed by atoms with Crippen molar-refractivity contribution in [3.63, 3.8) is 0 Å². The van der Waals surface area contributed by atoms with E-state index in [2.05, 4.69) is 57.7 Å². The molecular formula is C22H38N2O. The van der Waals surface area contributed by atoms with Crippen LogP contribution in [0, 0.1) is 5.92 Å². The first kappa shape index (κ1) is 20.3. The molecule has 1 saturated heterocycles. The van der Waals surface area contributed by atoms with E-state index in [0.717, 1.165) is 5.75 Å². The molecule has 142 valence electrons. The van der Waals surface area contributed by atoms with Gasteiger partial charge < -0.3 is 15.4 Å². The highest BCUT2D eigenvalue weighted by molar-refractivity contribution is 5.42. The molecule has 1 fully saturated rings. The zero-order chi connectivity index (χ0) is 18.4. The number of nitrogens with zero attached hydrogens (tertiary/aromatic N) is 1. The molecule has 0 radical (unpaired) electrons. The lowest BCUT2D eigenvalue weighted by molar-refractivity contribution is 0.168. The van der Waals surface area contributed by atoms with Crippen LogP contribution in [0.25, 0.3) is 0 Å². The minimum Gasteiger partial charge on any atom is -0.494 e. The Balaban J connectivity index is 2.26. The third kappa shape index (κ3) is 5.21. The molecule has 0 amide bonds. The highest BCUT2D eigenvalue weighted by Gasteiger charge is 2.29. The van der Waals surface area contributed by atoms with Gasteiger partial charge in [0.2, 0.25) is 0 Å². The SMILES string of the molecule is CCCN1CCC(C(CN)c2cc(C(C)(C)C)ccc2OCC)CC1. The molecule has 0 spiro atoms. The van der Waals surface area contributed by atoms with Gasteiger partial charge in [0.15, 0.2) is 0 Å². The Morgan fingerprint density at radius 2 is 1.88 bits per heavy atom. The molecular weight excluding hydrogens is 308 g/mol. The standard InChI is InChI=1S/C22H38N2O/c1-6-12-24-13-10-17(11-14-24)20(16-23)19-15-18(22(3,4)5)8-9-21(19)25-7-2/h8-9,15,17,20H,6-7,10-14,16,23H2,1-5H3. The first-order chi connectivity index (χ1) is 11.9. The van der Waals surface area contributed by atoms with E-state index in [9.17, 15) is 0 Å². The summed E-state index contributed by atoms with van der Waals surface area (Å²) in [4.78, 5) is 2.60. The average Bonchev–Trinajstić information content (AvgIpc) is 2.58. The maximum absolute atomic E-state index is 6.28. The second kappa shape index (κ2) is 9.05. The Bertz CT molecular complexity index is 527. The highest BCUT2D eigenvalue weighted by atomic mass is 16.5. The topological polar surface area (TPSA) is 38.5 Å². The molecule has 0 aromatic heterocycles. The van der Waals surface area contributed by atoms with Gasteiger partial charge in [-0.15, -0.1) is 0 Å². The molecule has 3 heteroatoms. The Morgan fingerprint density at radius 3 is 2.40 bits per heavy atom. The van der Waals surface area contributed by atoms with E-state index in [4.69, 9.17) is 10.5 Å². The molecule has 2 rings (SSSR count). The second-order valence-corrected chi connectivity index (χ2v) is 8.46. The first-order valence-corrected chi connectivity index (χ1v) is 10.1. The van der Waals surface area contributed by atoms with Crippen LogP contribution in [0.5, 0.6) is 5.75 Å². The molecule has 0 bridgehead atoms. The second-order valence-electron chi connectivity index (χ2n) is 8.46. The third-order valence-electron chi connectivity index (χ3n) is 5.57. The smallest absolute Gasteiger partial charge is 0.122 e. The van der Waals surface area contributed by atoms with E-state index in [1.54, 1.807) is 0 Å². The van der Waals surface area contributed by atoms with Gasteiger partial charge in [-0.1, -0.05) is 39.8 Å². The summed E-state index contributed by atoms with van der Waals surface area (Å²) in [5, 5.41) is 0. The summed E-state index contributed by atoms with van der Waals surface area (Å²) < 4.78 is 5.97. The van der Waals surface area contributed by atoms with Crippen molar-refractivity contribution in [3.8, 4) is 5.75 Å². The summed E-state index contributed by atoms with van der Waals surface area (Å²) in [6.07, 6.45) is 3.73. The van der Waals surface area contributed by atoms with E-state index in [-0.39, 0.29) is 5.41 Å². The number of hydrogen-bond acceptors (Lipinski definition) is 3. The van der Waals surface area contributed by atoms with Gasteiger partial charge >= 0.3 is 0 Å². The van der Waals surface area contributed by atoms with Crippen molar-refractivity contribution in [2.75, 3.05) is 32.8 Å². The van der Waals surface area contributed by atoms with Gasteiger partial charge in [-0.3, -0.25) is 0 Å². The minimum absolute atomic E-state index is 0.142. The van der Waals surface area contributed by atoms with Crippen molar-refractivity contribution < 1.29 is 4.74 Å². The maximum Gasteiger partial charge on any atom is 0.122 e. The fourth-order valence-electron chi connectivity index (χ4n) is 4.06. The summed E-state index contributed by atoms with van der Waals surface area (Å²) in [5.41, 5.74) is 9.12. The van der Waals surface area contributed by atoms with Crippen LogP contribution in [0.2, 0.25) is 0 Å². The van der Waals surface area contributed by atoms with Crippen LogP contribution in [-0.2, 0) is 5.41 Å². The van der Waals surface area contributed by atoms with Crippen LogP contribution in [-0.4, -0.2) is 37.7 Å². The third-order valence-corrected chi connectivity index (χ3v) is 5.57. The lowest BCUT2D eigenvalue weighted by Crippen LogP contribution is -2.37. The van der Waals surface area contributed by atoms with E-state index in [1.807, 2.05) is 0 Å². The molecule has 0 aliphatic carbocycles. The van der Waals surface area contributed by atoms with Crippen molar-refractivity contribution in [1.29, 1.82) is 0 Å². The molecule has 2 N–H and O–H groups in total. The number of hydrogen-bond donors (Lipinski definition) is 1. The van der Waals surface area contributed by atoms with Crippen LogP contribution in [0.1, 0.15) is 70.9 Å². The van der Waals surface area contributed by atoms with Crippen molar-refractivity contribution in [2.45, 2.75) is 65.2 Å². The van der Waals surface area contributed by atoms with Crippen LogP contribution in [0.4, 0.5) is 0 Å². The predicted molar refractivity (Wildman–Crippen MR) is 108 cm³/mol. The first-order valence-electron chi connectivity index (χ1n) is 10.1.